The summed E-state index contributed by atoms with van der Waals surface area (Å²) in [6, 6.07) is 6.15. The second kappa shape index (κ2) is 4.79. The Morgan fingerprint density at radius 2 is 2.33 bits per heavy atom. The highest BCUT2D eigenvalue weighted by Gasteiger charge is 2.14. The van der Waals surface area contributed by atoms with Crippen LogP contribution < -0.4 is 11.1 Å². The van der Waals surface area contributed by atoms with Gasteiger partial charge in [-0.15, -0.1) is 0 Å². The molecule has 1 aliphatic rings. The monoisotopic (exact) mass is 222 g/mol. The summed E-state index contributed by atoms with van der Waals surface area (Å²) in [6.45, 7) is 3.14. The third-order valence-corrected chi connectivity index (χ3v) is 4.06. The van der Waals surface area contributed by atoms with Gasteiger partial charge in [-0.05, 0) is 49.3 Å². The molecule has 15 heavy (non-hydrogen) atoms. The van der Waals surface area contributed by atoms with Crippen molar-refractivity contribution in [3.05, 3.63) is 23.8 Å². The molecular formula is C12H18N2S. The summed E-state index contributed by atoms with van der Waals surface area (Å²) in [4.78, 5) is 0. The first-order valence-electron chi connectivity index (χ1n) is 5.47. The normalized spacial score (nSPS) is 20.5. The first kappa shape index (κ1) is 10.7. The molecule has 1 saturated heterocycles. The Kier molecular flexibility index (Phi) is 3.41. The average Bonchev–Trinajstić information content (AvgIpc) is 2.65. The van der Waals surface area contributed by atoms with Gasteiger partial charge in [0, 0.05) is 23.2 Å². The summed E-state index contributed by atoms with van der Waals surface area (Å²) < 4.78 is 0. The fraction of sp³-hybridized carbons (Fsp3) is 0.500. The number of nitrogens with two attached hydrogens (primary N) is 1. The van der Waals surface area contributed by atoms with Crippen LogP contribution in [0.4, 0.5) is 11.4 Å². The number of hydrogen-bond donors (Lipinski definition) is 2. The predicted molar refractivity (Wildman–Crippen MR) is 69.6 cm³/mol. The van der Waals surface area contributed by atoms with Crippen molar-refractivity contribution in [1.29, 1.82) is 0 Å². The van der Waals surface area contributed by atoms with Gasteiger partial charge in [-0.3, -0.25) is 0 Å². The van der Waals surface area contributed by atoms with Crippen LogP contribution in [0, 0.1) is 6.92 Å². The summed E-state index contributed by atoms with van der Waals surface area (Å²) >= 11 is 2.08. The molecule has 3 N–H and O–H groups in total. The first-order chi connectivity index (χ1) is 7.24. The first-order valence-corrected chi connectivity index (χ1v) is 6.51. The smallest absolute Gasteiger partial charge is 0.0363 e. The highest BCUT2D eigenvalue weighted by Crippen LogP contribution is 2.26. The molecule has 0 saturated carbocycles. The van der Waals surface area contributed by atoms with Crippen molar-refractivity contribution in [2.24, 2.45) is 0 Å². The Balaban J connectivity index is 1.92. The van der Waals surface area contributed by atoms with E-state index in [1.54, 1.807) is 0 Å². The van der Waals surface area contributed by atoms with E-state index in [1.165, 1.54) is 24.2 Å². The molecular weight excluding hydrogens is 204 g/mol. The van der Waals surface area contributed by atoms with Crippen molar-refractivity contribution in [3.63, 3.8) is 0 Å². The van der Waals surface area contributed by atoms with Gasteiger partial charge in [0.2, 0.25) is 0 Å². The van der Waals surface area contributed by atoms with Gasteiger partial charge in [0.05, 0.1) is 0 Å². The maximum atomic E-state index is 5.80. The lowest BCUT2D eigenvalue weighted by molar-refractivity contribution is 0.805. The molecule has 82 valence electrons. The Hall–Kier alpha value is -0.830. The molecule has 1 heterocycles. The van der Waals surface area contributed by atoms with E-state index in [1.807, 2.05) is 12.1 Å². The second-order valence-electron chi connectivity index (χ2n) is 4.15. The van der Waals surface area contributed by atoms with Crippen LogP contribution in [-0.2, 0) is 0 Å². The van der Waals surface area contributed by atoms with Crippen LogP contribution in [0.25, 0.3) is 0 Å². The Labute approximate surface area is 95.6 Å². The van der Waals surface area contributed by atoms with E-state index < -0.39 is 0 Å². The molecule has 1 aromatic carbocycles. The standard InChI is InChI=1S/C12H18N2S/c1-9-5-10(13)7-11(6-9)14-8-12-3-2-4-15-12/h5-7,12,14H,2-4,8,13H2,1H3. The second-order valence-corrected chi connectivity index (χ2v) is 5.56. The summed E-state index contributed by atoms with van der Waals surface area (Å²) in [5.74, 6) is 1.32. The summed E-state index contributed by atoms with van der Waals surface area (Å²) in [7, 11) is 0. The zero-order chi connectivity index (χ0) is 10.7. The van der Waals surface area contributed by atoms with Crippen LogP contribution in [0.3, 0.4) is 0 Å². The molecule has 0 aliphatic carbocycles. The Bertz CT molecular complexity index is 312. The molecule has 0 amide bonds. The van der Waals surface area contributed by atoms with Gasteiger partial charge in [0.15, 0.2) is 0 Å². The van der Waals surface area contributed by atoms with Crippen molar-refractivity contribution >= 4 is 23.1 Å². The van der Waals surface area contributed by atoms with Crippen LogP contribution in [0.15, 0.2) is 18.2 Å². The largest absolute Gasteiger partial charge is 0.399 e. The summed E-state index contributed by atoms with van der Waals surface area (Å²) in [5.41, 5.74) is 9.01. The van der Waals surface area contributed by atoms with Crippen LogP contribution in [0.1, 0.15) is 18.4 Å². The summed E-state index contributed by atoms with van der Waals surface area (Å²) in [6.07, 6.45) is 2.71. The van der Waals surface area contributed by atoms with Crippen LogP contribution in [-0.4, -0.2) is 17.5 Å². The van der Waals surface area contributed by atoms with Crippen molar-refractivity contribution in [2.45, 2.75) is 25.0 Å². The number of aryl methyl sites for hydroxylation is 1. The highest BCUT2D eigenvalue weighted by atomic mass is 32.2. The van der Waals surface area contributed by atoms with Crippen molar-refractivity contribution in [3.8, 4) is 0 Å². The van der Waals surface area contributed by atoms with Crippen LogP contribution in [0.2, 0.25) is 0 Å². The lowest BCUT2D eigenvalue weighted by Gasteiger charge is -2.12. The molecule has 1 atom stereocenters. The van der Waals surface area contributed by atoms with E-state index in [4.69, 9.17) is 5.73 Å². The Morgan fingerprint density at radius 1 is 1.47 bits per heavy atom. The Morgan fingerprint density at radius 3 is 3.00 bits per heavy atom. The molecule has 1 unspecified atom stereocenters. The number of nitrogen functional groups attached to an aromatic ring is 1. The lowest BCUT2D eigenvalue weighted by Crippen LogP contribution is -2.13. The number of rotatable bonds is 3. The van der Waals surface area contributed by atoms with Crippen LogP contribution >= 0.6 is 11.8 Å². The minimum Gasteiger partial charge on any atom is -0.399 e. The topological polar surface area (TPSA) is 38.0 Å². The molecule has 1 aromatic rings. The number of hydrogen-bond acceptors (Lipinski definition) is 3. The van der Waals surface area contributed by atoms with E-state index in [-0.39, 0.29) is 0 Å². The van der Waals surface area contributed by atoms with Crippen molar-refractivity contribution < 1.29 is 0 Å². The van der Waals surface area contributed by atoms with E-state index >= 15 is 0 Å². The molecule has 1 aliphatic heterocycles. The van der Waals surface area contributed by atoms with E-state index in [0.29, 0.717) is 0 Å². The highest BCUT2D eigenvalue weighted by molar-refractivity contribution is 8.00. The lowest BCUT2D eigenvalue weighted by atomic mass is 10.2. The maximum Gasteiger partial charge on any atom is 0.0363 e. The third-order valence-electron chi connectivity index (χ3n) is 2.66. The number of anilines is 2. The minimum atomic E-state index is 0.784. The summed E-state index contributed by atoms with van der Waals surface area (Å²) in [5, 5.41) is 4.25. The third kappa shape index (κ3) is 3.06. The fourth-order valence-electron chi connectivity index (χ4n) is 1.95. The van der Waals surface area contributed by atoms with Gasteiger partial charge >= 0.3 is 0 Å². The fourth-order valence-corrected chi connectivity index (χ4v) is 3.15. The SMILES string of the molecule is Cc1cc(N)cc(NCC2CCCS2)c1. The van der Waals surface area contributed by atoms with Gasteiger partial charge in [0.25, 0.3) is 0 Å². The predicted octanol–water partition coefficient (Wildman–Crippen LogP) is 2.88. The molecule has 0 aromatic heterocycles. The van der Waals surface area contributed by atoms with Gasteiger partial charge in [0.1, 0.15) is 0 Å². The van der Waals surface area contributed by atoms with E-state index in [0.717, 1.165) is 23.2 Å². The molecule has 1 fully saturated rings. The van der Waals surface area contributed by atoms with Crippen molar-refractivity contribution in [1.82, 2.24) is 0 Å². The van der Waals surface area contributed by atoms with Crippen LogP contribution in [0.5, 0.6) is 0 Å². The molecule has 0 radical (unpaired) electrons. The number of benzene rings is 1. The van der Waals surface area contributed by atoms with E-state index in [2.05, 4.69) is 30.1 Å². The quantitative estimate of drug-likeness (QED) is 0.772. The number of thioether (sulfide) groups is 1. The molecule has 3 heteroatoms. The molecule has 0 bridgehead atoms. The van der Waals surface area contributed by atoms with Gasteiger partial charge < -0.3 is 11.1 Å². The molecule has 0 spiro atoms. The molecule has 2 nitrogen and oxygen atoms in total. The van der Waals surface area contributed by atoms with Gasteiger partial charge in [-0.2, -0.15) is 11.8 Å². The van der Waals surface area contributed by atoms with Gasteiger partial charge in [-0.25, -0.2) is 0 Å². The number of nitrogens with one attached hydrogen (secondary N) is 1. The van der Waals surface area contributed by atoms with E-state index in [9.17, 15) is 0 Å². The zero-order valence-electron chi connectivity index (χ0n) is 9.12. The molecule has 2 rings (SSSR count). The maximum absolute atomic E-state index is 5.80. The minimum absolute atomic E-state index is 0.784. The van der Waals surface area contributed by atoms with Gasteiger partial charge in [-0.1, -0.05) is 0 Å². The average molecular weight is 222 g/mol. The zero-order valence-corrected chi connectivity index (χ0v) is 9.94. The van der Waals surface area contributed by atoms with Crippen molar-refractivity contribution in [2.75, 3.05) is 23.3 Å².